The van der Waals surface area contributed by atoms with E-state index in [9.17, 15) is 19.5 Å². The summed E-state index contributed by atoms with van der Waals surface area (Å²) in [4.78, 5) is 37.5. The van der Waals surface area contributed by atoms with Gasteiger partial charge < -0.3 is 33.3 Å². The van der Waals surface area contributed by atoms with Gasteiger partial charge in [-0.2, -0.15) is 0 Å². The van der Waals surface area contributed by atoms with Gasteiger partial charge in [0.1, 0.15) is 13.2 Å². The molecule has 0 aliphatic rings. The highest BCUT2D eigenvalue weighted by atomic mass is 16.7. The number of ether oxygens (including phenoxy) is 4. The molecule has 0 aliphatic carbocycles. The molecule has 0 aromatic heterocycles. The molecule has 0 aromatic rings. The quantitative estimate of drug-likeness (QED) is 0.0195. The van der Waals surface area contributed by atoms with Crippen molar-refractivity contribution in [3.8, 4) is 0 Å². The Bertz CT molecular complexity index is 1460. The van der Waals surface area contributed by atoms with Gasteiger partial charge in [0.25, 0.3) is 0 Å². The molecule has 0 radical (unpaired) electrons. The summed E-state index contributed by atoms with van der Waals surface area (Å²) in [6.07, 6.45) is 83.1. The number of hydrogen-bond donors (Lipinski definition) is 0. The summed E-state index contributed by atoms with van der Waals surface area (Å²) >= 11 is 0. The lowest BCUT2D eigenvalue weighted by Gasteiger charge is -2.26. The van der Waals surface area contributed by atoms with Gasteiger partial charge in [-0.1, -0.05) is 359 Å². The number of esters is 2. The van der Waals surface area contributed by atoms with Crippen LogP contribution < -0.4 is 5.11 Å². The van der Waals surface area contributed by atoms with E-state index in [2.05, 4.69) is 38.2 Å². The maximum Gasteiger partial charge on any atom is 0.306 e. The van der Waals surface area contributed by atoms with Gasteiger partial charge >= 0.3 is 11.9 Å². The minimum absolute atomic E-state index is 0.149. The molecule has 0 saturated carbocycles. The fourth-order valence-electron chi connectivity index (χ4n) is 11.6. The van der Waals surface area contributed by atoms with E-state index < -0.39 is 24.3 Å². The van der Waals surface area contributed by atoms with Crippen LogP contribution in [0.5, 0.6) is 0 Å². The molecular weight excluding hydrogens is 1070 g/mol. The van der Waals surface area contributed by atoms with Crippen LogP contribution in [0.25, 0.3) is 0 Å². The molecule has 0 heterocycles. The van der Waals surface area contributed by atoms with Crippen molar-refractivity contribution in [2.24, 2.45) is 0 Å². The van der Waals surface area contributed by atoms with Crippen molar-refractivity contribution >= 4 is 17.9 Å². The lowest BCUT2D eigenvalue weighted by Crippen LogP contribution is -2.44. The van der Waals surface area contributed by atoms with Gasteiger partial charge in [0, 0.05) is 12.8 Å². The van der Waals surface area contributed by atoms with Gasteiger partial charge in [0.15, 0.2) is 12.4 Å². The highest BCUT2D eigenvalue weighted by Gasteiger charge is 2.22. The number of carboxylic acid groups (broad SMARTS) is 1. The molecule has 0 saturated heterocycles. The first-order valence-electron chi connectivity index (χ1n) is 38.0. The fourth-order valence-corrected chi connectivity index (χ4v) is 11.6. The van der Waals surface area contributed by atoms with E-state index in [0.717, 1.165) is 51.4 Å². The molecule has 2 unspecified atom stereocenters. The first-order chi connectivity index (χ1) is 42.1. The molecule has 0 spiro atoms. The van der Waals surface area contributed by atoms with Crippen molar-refractivity contribution in [2.75, 3.05) is 47.5 Å². The topological polar surface area (TPSA) is 111 Å². The largest absolute Gasteiger partial charge is 0.545 e. The third-order valence-corrected chi connectivity index (χ3v) is 17.5. The van der Waals surface area contributed by atoms with E-state index in [1.165, 1.54) is 308 Å². The number of carbonyl (C=O) groups is 3. The van der Waals surface area contributed by atoms with Crippen LogP contribution in [0.2, 0.25) is 0 Å². The van der Waals surface area contributed by atoms with Gasteiger partial charge in [-0.05, 0) is 44.9 Å². The number of likely N-dealkylation sites (N-methyl/N-ethyl adjacent to an activating group) is 1. The maximum atomic E-state index is 12.9. The molecule has 0 rings (SSSR count). The summed E-state index contributed by atoms with van der Waals surface area (Å²) in [5, 5.41) is 11.8. The summed E-state index contributed by atoms with van der Waals surface area (Å²) in [6.45, 7) is 4.80. The molecule has 2 atom stereocenters. The molecule has 0 N–H and O–H groups in total. The fraction of sp³-hybridized carbons (Fsp3) is 0.909. The average molecular weight is 1220 g/mol. The monoisotopic (exact) mass is 1210 g/mol. The van der Waals surface area contributed by atoms with Crippen LogP contribution >= 0.6 is 0 Å². The Morgan fingerprint density at radius 1 is 0.349 bits per heavy atom. The second-order valence-electron chi connectivity index (χ2n) is 27.3. The second kappa shape index (κ2) is 68.7. The number of quaternary nitrogens is 1. The van der Waals surface area contributed by atoms with Crippen LogP contribution in [0.3, 0.4) is 0 Å². The van der Waals surface area contributed by atoms with Crippen molar-refractivity contribution in [1.29, 1.82) is 0 Å². The zero-order valence-corrected chi connectivity index (χ0v) is 58.2. The van der Waals surface area contributed by atoms with E-state index in [4.69, 9.17) is 18.9 Å². The smallest absolute Gasteiger partial charge is 0.306 e. The molecule has 9 nitrogen and oxygen atoms in total. The van der Waals surface area contributed by atoms with Crippen LogP contribution in [0, 0.1) is 0 Å². The van der Waals surface area contributed by atoms with Crippen molar-refractivity contribution < 1.29 is 42.9 Å². The van der Waals surface area contributed by atoms with E-state index in [1.54, 1.807) is 0 Å². The first kappa shape index (κ1) is 83.8. The van der Waals surface area contributed by atoms with Gasteiger partial charge in [-0.3, -0.25) is 9.59 Å². The molecule has 0 bridgehead atoms. The molecule has 508 valence electrons. The van der Waals surface area contributed by atoms with E-state index in [0.29, 0.717) is 23.9 Å². The van der Waals surface area contributed by atoms with Crippen LogP contribution in [0.1, 0.15) is 393 Å². The standard InChI is InChI=1S/C77H147NO8/c1-6-8-10-12-14-16-18-20-22-24-26-28-29-30-31-32-33-34-35-36-37-38-39-40-41-42-43-44-45-46-48-49-51-53-55-57-59-61-63-65-67-74(79)84-71-73(72-85-77(76(81)82)83-70-69-78(3,4)5)86-75(80)68-66-64-62-60-58-56-54-52-50-47-27-25-23-21-19-17-15-13-11-9-7-2/h19,21,25,27,73,77H,6-18,20,22-24,26,28-72H2,1-5H3/b21-19-,27-25-. The van der Waals surface area contributed by atoms with Crippen LogP contribution in [-0.4, -0.2) is 82.3 Å². The normalized spacial score (nSPS) is 12.7. The molecule has 0 aliphatic heterocycles. The Balaban J connectivity index is 3.91. The number of unbranched alkanes of at least 4 members (excludes halogenated alkanes) is 53. The summed E-state index contributed by atoms with van der Waals surface area (Å²) in [5.74, 6) is -2.26. The third-order valence-electron chi connectivity index (χ3n) is 17.5. The Hall–Kier alpha value is -2.23. The van der Waals surface area contributed by atoms with Gasteiger partial charge in [0.2, 0.25) is 0 Å². The lowest BCUT2D eigenvalue weighted by molar-refractivity contribution is -0.870. The zero-order chi connectivity index (χ0) is 62.6. The first-order valence-corrected chi connectivity index (χ1v) is 38.0. The second-order valence-corrected chi connectivity index (χ2v) is 27.3. The molecule has 0 amide bonds. The maximum absolute atomic E-state index is 12.9. The van der Waals surface area contributed by atoms with Crippen molar-refractivity contribution in [2.45, 2.75) is 405 Å². The lowest BCUT2D eigenvalue weighted by atomic mass is 10.0. The Labute approximate surface area is 535 Å². The predicted octanol–water partition coefficient (Wildman–Crippen LogP) is 22.4. The van der Waals surface area contributed by atoms with E-state index in [1.807, 2.05) is 21.1 Å². The van der Waals surface area contributed by atoms with E-state index >= 15 is 0 Å². The van der Waals surface area contributed by atoms with Crippen molar-refractivity contribution in [1.82, 2.24) is 0 Å². The van der Waals surface area contributed by atoms with E-state index in [-0.39, 0.29) is 32.2 Å². The number of nitrogens with zero attached hydrogens (tertiary/aromatic N) is 1. The van der Waals surface area contributed by atoms with Gasteiger partial charge in [-0.25, -0.2) is 0 Å². The van der Waals surface area contributed by atoms with Gasteiger partial charge in [-0.15, -0.1) is 0 Å². The zero-order valence-electron chi connectivity index (χ0n) is 58.2. The molecule has 0 fully saturated rings. The number of hydrogen-bond acceptors (Lipinski definition) is 8. The average Bonchev–Trinajstić information content (AvgIpc) is 3.64. The predicted molar refractivity (Wildman–Crippen MR) is 366 cm³/mol. The summed E-state index contributed by atoms with van der Waals surface area (Å²) < 4.78 is 22.8. The highest BCUT2D eigenvalue weighted by Crippen LogP contribution is 2.20. The number of allylic oxidation sites excluding steroid dienone is 4. The number of aliphatic carboxylic acids is 1. The summed E-state index contributed by atoms with van der Waals surface area (Å²) in [6, 6.07) is 0. The Morgan fingerprint density at radius 2 is 0.628 bits per heavy atom. The SMILES string of the molecule is CCCCCCC/C=C\C/C=C\CCCCCCCCCCCC(=O)OC(COC(=O)CCCCCCCCCCCCCCCCCCCCCCCCCCCCCCCCCCCCCCCCCC)COC(OCC[N+](C)(C)C)C(=O)[O-]. The number of carboxylic acids is 1. The van der Waals surface area contributed by atoms with Crippen molar-refractivity contribution in [3.63, 3.8) is 0 Å². The summed E-state index contributed by atoms with van der Waals surface area (Å²) in [5.41, 5.74) is 0. The Kier molecular flexibility index (Phi) is 66.9. The number of carbonyl (C=O) groups excluding carboxylic acids is 3. The highest BCUT2D eigenvalue weighted by molar-refractivity contribution is 5.70. The summed E-state index contributed by atoms with van der Waals surface area (Å²) in [7, 11) is 5.94. The van der Waals surface area contributed by atoms with Crippen molar-refractivity contribution in [3.05, 3.63) is 24.3 Å². The Morgan fingerprint density at radius 3 is 0.919 bits per heavy atom. The van der Waals surface area contributed by atoms with Crippen LogP contribution in [0.4, 0.5) is 0 Å². The van der Waals surface area contributed by atoms with Gasteiger partial charge in [0.05, 0.1) is 40.3 Å². The molecule has 86 heavy (non-hydrogen) atoms. The molecular formula is C77H147NO8. The molecule has 0 aromatic carbocycles. The third kappa shape index (κ3) is 69.2. The number of rotatable bonds is 72. The van der Waals surface area contributed by atoms with Crippen LogP contribution in [0.15, 0.2) is 24.3 Å². The molecule has 9 heteroatoms. The van der Waals surface area contributed by atoms with Crippen LogP contribution in [-0.2, 0) is 33.3 Å². The minimum atomic E-state index is -1.62. The minimum Gasteiger partial charge on any atom is -0.545 e.